The van der Waals surface area contributed by atoms with Gasteiger partial charge in [0.05, 0.1) is 5.41 Å². The van der Waals surface area contributed by atoms with Gasteiger partial charge in [0.1, 0.15) is 0 Å². The number of amides is 1. The van der Waals surface area contributed by atoms with Gasteiger partial charge in [0, 0.05) is 21.5 Å². The number of fused-ring (bicyclic) bond motifs is 3. The molecule has 1 fully saturated rings. The molecule has 1 aliphatic heterocycles. The highest BCUT2D eigenvalue weighted by molar-refractivity contribution is 7.11. The fourth-order valence-electron chi connectivity index (χ4n) is 3.76. The third kappa shape index (κ3) is 1.48. The highest BCUT2D eigenvalue weighted by atomic mass is 35.5. The zero-order valence-corrected chi connectivity index (χ0v) is 13.2. The normalized spacial score (nSPS) is 25.5. The molecule has 108 valence electrons. The Labute approximate surface area is 136 Å². The van der Waals surface area contributed by atoms with Gasteiger partial charge in [0.2, 0.25) is 5.91 Å². The number of thiophene rings is 1. The summed E-state index contributed by atoms with van der Waals surface area (Å²) in [6.45, 7) is 0. The van der Waals surface area contributed by atoms with Gasteiger partial charge in [-0.3, -0.25) is 4.79 Å². The van der Waals surface area contributed by atoms with Gasteiger partial charge < -0.3 is 5.32 Å². The van der Waals surface area contributed by atoms with E-state index in [2.05, 4.69) is 35.0 Å². The quantitative estimate of drug-likeness (QED) is 0.675. The Hall–Kier alpha value is -1.84. The lowest BCUT2D eigenvalue weighted by atomic mass is 9.93. The van der Waals surface area contributed by atoms with Gasteiger partial charge in [-0.2, -0.15) is 0 Å². The molecule has 0 unspecified atom stereocenters. The van der Waals surface area contributed by atoms with E-state index >= 15 is 0 Å². The highest BCUT2D eigenvalue weighted by Gasteiger charge is 2.65. The Morgan fingerprint density at radius 2 is 2.09 bits per heavy atom. The number of carbonyl (C=O) groups is 1. The molecule has 1 aromatic heterocycles. The van der Waals surface area contributed by atoms with Gasteiger partial charge in [-0.15, -0.1) is 11.3 Å². The molecule has 0 saturated heterocycles. The zero-order chi connectivity index (χ0) is 14.9. The first kappa shape index (κ1) is 12.7. The largest absolute Gasteiger partial charge is 0.325 e. The van der Waals surface area contributed by atoms with E-state index in [0.29, 0.717) is 5.02 Å². The van der Waals surface area contributed by atoms with E-state index < -0.39 is 5.41 Å². The molecule has 1 saturated carbocycles. The number of hydrogen-bond donors (Lipinski definition) is 1. The Balaban J connectivity index is 1.67. The van der Waals surface area contributed by atoms with Crippen LogP contribution in [0, 0.1) is 0 Å². The molecule has 22 heavy (non-hydrogen) atoms. The second-order valence-electron chi connectivity index (χ2n) is 6.06. The van der Waals surface area contributed by atoms with E-state index in [9.17, 15) is 4.79 Å². The number of carbonyl (C=O) groups excluding carboxylic acids is 1. The summed E-state index contributed by atoms with van der Waals surface area (Å²) in [6, 6.07) is 14.1. The molecule has 2 heterocycles. The first-order valence-corrected chi connectivity index (χ1v) is 8.53. The third-order valence-corrected chi connectivity index (χ3v) is 6.30. The van der Waals surface area contributed by atoms with Crippen molar-refractivity contribution in [3.63, 3.8) is 0 Å². The van der Waals surface area contributed by atoms with Crippen LogP contribution in [0.2, 0.25) is 5.02 Å². The van der Waals surface area contributed by atoms with Gasteiger partial charge in [0.15, 0.2) is 0 Å². The lowest BCUT2D eigenvalue weighted by Crippen LogP contribution is -2.20. The number of benzene rings is 2. The van der Waals surface area contributed by atoms with Crippen molar-refractivity contribution < 1.29 is 4.79 Å². The Morgan fingerprint density at radius 3 is 3.00 bits per heavy atom. The van der Waals surface area contributed by atoms with Crippen LogP contribution in [-0.2, 0) is 10.2 Å². The smallest absolute Gasteiger partial charge is 0.235 e. The molecule has 1 amide bonds. The van der Waals surface area contributed by atoms with Gasteiger partial charge in [0.25, 0.3) is 0 Å². The molecule has 2 nitrogen and oxygen atoms in total. The summed E-state index contributed by atoms with van der Waals surface area (Å²) >= 11 is 7.92. The highest BCUT2D eigenvalue weighted by Crippen LogP contribution is 2.66. The summed E-state index contributed by atoms with van der Waals surface area (Å²) < 4.78 is 0. The minimum Gasteiger partial charge on any atom is -0.325 e. The fraction of sp³-hybridized carbons (Fsp3) is 0.167. The molecule has 5 rings (SSSR count). The first-order valence-electron chi connectivity index (χ1n) is 7.28. The standard InChI is InChI=1S/C18H12ClNOS/c19-11-5-6-15-13(7-11)18(17(21)20-15)8-14(18)16-12-4-2-1-3-10(12)9-22-16/h1-7,9,14H,8H2,(H,20,21)/t14-,18-/m1/s1. The number of hydrogen-bond acceptors (Lipinski definition) is 2. The molecular formula is C18H12ClNOS. The van der Waals surface area contributed by atoms with Crippen LogP contribution in [0.25, 0.3) is 10.8 Å². The summed E-state index contributed by atoms with van der Waals surface area (Å²) in [5.41, 5.74) is 1.57. The summed E-state index contributed by atoms with van der Waals surface area (Å²) in [7, 11) is 0. The molecule has 4 heteroatoms. The van der Waals surface area contributed by atoms with E-state index in [4.69, 9.17) is 11.6 Å². The summed E-state index contributed by atoms with van der Waals surface area (Å²) in [5.74, 6) is 0.379. The molecule has 0 bridgehead atoms. The summed E-state index contributed by atoms with van der Waals surface area (Å²) in [6.07, 6.45) is 0.872. The number of nitrogens with one attached hydrogen (secondary N) is 1. The maximum atomic E-state index is 12.6. The van der Waals surface area contributed by atoms with Gasteiger partial charge in [-0.05, 0) is 46.3 Å². The summed E-state index contributed by atoms with van der Waals surface area (Å²) in [4.78, 5) is 13.9. The molecule has 1 spiro atoms. The van der Waals surface area contributed by atoms with Crippen molar-refractivity contribution in [1.82, 2.24) is 0 Å². The predicted molar refractivity (Wildman–Crippen MR) is 90.9 cm³/mol. The molecule has 0 radical (unpaired) electrons. The Bertz CT molecular complexity index is 947. The lowest BCUT2D eigenvalue weighted by molar-refractivity contribution is -0.118. The van der Waals surface area contributed by atoms with Crippen molar-refractivity contribution in [1.29, 1.82) is 0 Å². The van der Waals surface area contributed by atoms with Crippen molar-refractivity contribution >= 4 is 45.3 Å². The number of rotatable bonds is 1. The molecule has 2 aromatic carbocycles. The monoisotopic (exact) mass is 325 g/mol. The molecule has 2 atom stereocenters. The van der Waals surface area contributed by atoms with Crippen molar-refractivity contribution in [2.45, 2.75) is 17.8 Å². The van der Waals surface area contributed by atoms with Crippen LogP contribution in [0.5, 0.6) is 0 Å². The average Bonchev–Trinajstić information content (AvgIpc) is 3.03. The van der Waals surface area contributed by atoms with E-state index in [1.165, 1.54) is 15.6 Å². The van der Waals surface area contributed by atoms with Crippen LogP contribution < -0.4 is 5.32 Å². The van der Waals surface area contributed by atoms with E-state index in [1.54, 1.807) is 11.3 Å². The van der Waals surface area contributed by atoms with Crippen LogP contribution in [0.3, 0.4) is 0 Å². The van der Waals surface area contributed by atoms with Crippen LogP contribution in [-0.4, -0.2) is 5.91 Å². The molecule has 1 N–H and O–H groups in total. The second-order valence-corrected chi connectivity index (χ2v) is 7.41. The van der Waals surface area contributed by atoms with Crippen LogP contribution in [0.4, 0.5) is 5.69 Å². The first-order chi connectivity index (χ1) is 10.7. The van der Waals surface area contributed by atoms with Crippen molar-refractivity contribution in [3.8, 4) is 0 Å². The van der Waals surface area contributed by atoms with Gasteiger partial charge >= 0.3 is 0 Å². The van der Waals surface area contributed by atoms with Crippen LogP contribution in [0.1, 0.15) is 22.8 Å². The molecule has 3 aromatic rings. The van der Waals surface area contributed by atoms with Crippen LogP contribution in [0.15, 0.2) is 47.8 Å². The van der Waals surface area contributed by atoms with E-state index in [-0.39, 0.29) is 11.8 Å². The minimum atomic E-state index is -0.409. The van der Waals surface area contributed by atoms with Crippen molar-refractivity contribution in [2.75, 3.05) is 5.32 Å². The third-order valence-electron chi connectivity index (χ3n) is 4.93. The van der Waals surface area contributed by atoms with Gasteiger partial charge in [-0.1, -0.05) is 35.9 Å². The second kappa shape index (κ2) is 4.12. The van der Waals surface area contributed by atoms with E-state index in [0.717, 1.165) is 17.7 Å². The maximum absolute atomic E-state index is 12.6. The average molecular weight is 326 g/mol. The van der Waals surface area contributed by atoms with Crippen LogP contribution >= 0.6 is 22.9 Å². The topological polar surface area (TPSA) is 29.1 Å². The lowest BCUT2D eigenvalue weighted by Gasteiger charge is -2.08. The number of anilines is 1. The van der Waals surface area contributed by atoms with E-state index in [1.807, 2.05) is 18.2 Å². The Morgan fingerprint density at radius 1 is 1.23 bits per heavy atom. The minimum absolute atomic E-state index is 0.118. The molecule has 1 aliphatic carbocycles. The SMILES string of the molecule is O=C1Nc2ccc(Cl)cc2[C@@]12C[C@@H]2c1scc2ccccc12. The summed E-state index contributed by atoms with van der Waals surface area (Å²) in [5, 5.41) is 8.43. The zero-order valence-electron chi connectivity index (χ0n) is 11.6. The fourth-order valence-corrected chi connectivity index (χ4v) is 5.16. The van der Waals surface area contributed by atoms with Crippen molar-refractivity contribution in [3.05, 3.63) is 63.3 Å². The Kier molecular flexibility index (Phi) is 2.37. The molecule has 2 aliphatic rings. The van der Waals surface area contributed by atoms with Gasteiger partial charge in [-0.25, -0.2) is 0 Å². The molecular weight excluding hydrogens is 314 g/mol. The predicted octanol–water partition coefficient (Wildman–Crippen LogP) is 4.93. The number of halogens is 1. The maximum Gasteiger partial charge on any atom is 0.235 e. The van der Waals surface area contributed by atoms with Crippen molar-refractivity contribution in [2.24, 2.45) is 0 Å².